The lowest BCUT2D eigenvalue weighted by molar-refractivity contribution is 0.0704. The third-order valence-electron chi connectivity index (χ3n) is 6.88. The average Bonchev–Trinajstić information content (AvgIpc) is 2.94. The van der Waals surface area contributed by atoms with Crippen LogP contribution in [0.3, 0.4) is 0 Å². The number of amides is 2. The standard InChI is InChI=1S/C28H28FN3O5/c1-18(19-7-11-30-12-8-19)37-26-16-25(35-2)22(15-23(26)29)27(33)31-13-9-21(10-14-31)32-24-6-4-3-5-20(24)17-36-28(32)34/h3-8,11-12,15-16,18,21H,9-10,13-14,17H2,1-2H3/t18-/m1/s1. The van der Waals surface area contributed by atoms with Crippen molar-refractivity contribution >= 4 is 17.7 Å². The third-order valence-corrected chi connectivity index (χ3v) is 6.88. The normalized spacial score (nSPS) is 16.6. The molecule has 5 rings (SSSR count). The first-order valence-corrected chi connectivity index (χ1v) is 12.2. The Kier molecular flexibility index (Phi) is 6.94. The van der Waals surface area contributed by atoms with Gasteiger partial charge in [-0.15, -0.1) is 0 Å². The van der Waals surface area contributed by atoms with Crippen LogP contribution >= 0.6 is 0 Å². The van der Waals surface area contributed by atoms with Gasteiger partial charge in [0.05, 0.1) is 18.4 Å². The van der Waals surface area contributed by atoms with Gasteiger partial charge in [0, 0.05) is 43.2 Å². The topological polar surface area (TPSA) is 81.2 Å². The van der Waals surface area contributed by atoms with Crippen LogP contribution in [0.2, 0.25) is 0 Å². The summed E-state index contributed by atoms with van der Waals surface area (Å²) in [5.41, 5.74) is 2.78. The molecule has 3 aromatic rings. The van der Waals surface area contributed by atoms with Crippen LogP contribution in [0.15, 0.2) is 60.9 Å². The van der Waals surface area contributed by atoms with Gasteiger partial charge in [-0.05, 0) is 49.6 Å². The van der Waals surface area contributed by atoms with E-state index in [0.717, 1.165) is 16.8 Å². The first-order chi connectivity index (χ1) is 18.0. The number of cyclic esters (lactones) is 1. The van der Waals surface area contributed by atoms with Crippen molar-refractivity contribution in [2.75, 3.05) is 25.1 Å². The zero-order valence-corrected chi connectivity index (χ0v) is 20.7. The number of carbonyl (C=O) groups is 2. The predicted octanol–water partition coefficient (Wildman–Crippen LogP) is 5.13. The number of ether oxygens (including phenoxy) is 3. The van der Waals surface area contributed by atoms with E-state index in [1.807, 2.05) is 24.3 Å². The second kappa shape index (κ2) is 10.5. The first kappa shape index (κ1) is 24.5. The Balaban J connectivity index is 1.29. The minimum Gasteiger partial charge on any atom is -0.496 e. The molecule has 8 nitrogen and oxygen atoms in total. The summed E-state index contributed by atoms with van der Waals surface area (Å²) in [6.07, 6.45) is 3.64. The van der Waals surface area contributed by atoms with Crippen LogP contribution in [0, 0.1) is 5.82 Å². The lowest BCUT2D eigenvalue weighted by Gasteiger charge is -2.40. The second-order valence-electron chi connectivity index (χ2n) is 9.10. The lowest BCUT2D eigenvalue weighted by Crippen LogP contribution is -2.50. The fraction of sp³-hybridized carbons (Fsp3) is 0.321. The highest BCUT2D eigenvalue weighted by Gasteiger charge is 2.35. The number of pyridine rings is 1. The van der Waals surface area contributed by atoms with E-state index in [2.05, 4.69) is 4.98 Å². The molecular weight excluding hydrogens is 477 g/mol. The number of likely N-dealkylation sites (tertiary alicyclic amines) is 1. The molecule has 0 spiro atoms. The van der Waals surface area contributed by atoms with Crippen molar-refractivity contribution in [2.45, 2.75) is 38.5 Å². The van der Waals surface area contributed by atoms with Gasteiger partial charge in [0.2, 0.25) is 0 Å². The molecule has 0 bridgehead atoms. The molecule has 37 heavy (non-hydrogen) atoms. The van der Waals surface area contributed by atoms with Crippen molar-refractivity contribution in [2.24, 2.45) is 0 Å². The summed E-state index contributed by atoms with van der Waals surface area (Å²) >= 11 is 0. The minimum absolute atomic E-state index is 0.00121. The fourth-order valence-corrected chi connectivity index (χ4v) is 4.87. The van der Waals surface area contributed by atoms with E-state index in [0.29, 0.717) is 25.9 Å². The average molecular weight is 506 g/mol. The van der Waals surface area contributed by atoms with Crippen molar-refractivity contribution in [3.8, 4) is 11.5 Å². The molecule has 2 aliphatic heterocycles. The molecule has 2 amide bonds. The van der Waals surface area contributed by atoms with Gasteiger partial charge in [0.25, 0.3) is 5.91 Å². The van der Waals surface area contributed by atoms with Crippen molar-refractivity contribution in [1.82, 2.24) is 9.88 Å². The van der Waals surface area contributed by atoms with Gasteiger partial charge in [0.15, 0.2) is 11.6 Å². The SMILES string of the molecule is COc1cc(O[C@H](C)c2ccncc2)c(F)cc1C(=O)N1CCC(N2C(=O)OCc3ccccc32)CC1. The third kappa shape index (κ3) is 4.94. The molecule has 1 atom stereocenters. The Bertz CT molecular complexity index is 1290. The highest BCUT2D eigenvalue weighted by atomic mass is 19.1. The van der Waals surface area contributed by atoms with E-state index in [9.17, 15) is 9.59 Å². The van der Waals surface area contributed by atoms with Gasteiger partial charge < -0.3 is 19.1 Å². The van der Waals surface area contributed by atoms with Gasteiger partial charge in [0.1, 0.15) is 18.5 Å². The maximum absolute atomic E-state index is 15.0. The largest absolute Gasteiger partial charge is 0.496 e. The fourth-order valence-electron chi connectivity index (χ4n) is 4.87. The van der Waals surface area contributed by atoms with Gasteiger partial charge >= 0.3 is 6.09 Å². The van der Waals surface area contributed by atoms with E-state index in [1.165, 1.54) is 19.2 Å². The molecule has 1 saturated heterocycles. The number of carbonyl (C=O) groups excluding carboxylic acids is 2. The molecule has 0 aliphatic carbocycles. The van der Waals surface area contributed by atoms with Crippen molar-refractivity contribution < 1.29 is 28.2 Å². The van der Waals surface area contributed by atoms with Crippen LogP contribution in [0.5, 0.6) is 11.5 Å². The van der Waals surface area contributed by atoms with Crippen LogP contribution in [0.1, 0.15) is 47.4 Å². The number of aromatic nitrogens is 1. The van der Waals surface area contributed by atoms with Crippen molar-refractivity contribution in [3.05, 3.63) is 83.4 Å². The summed E-state index contributed by atoms with van der Waals surface area (Å²) in [6, 6.07) is 13.7. The molecule has 0 N–H and O–H groups in total. The van der Waals surface area contributed by atoms with Gasteiger partial charge in [-0.2, -0.15) is 0 Å². The smallest absolute Gasteiger partial charge is 0.414 e. The van der Waals surface area contributed by atoms with Gasteiger partial charge in [-0.3, -0.25) is 14.7 Å². The molecule has 3 heterocycles. The van der Waals surface area contributed by atoms with E-state index in [1.54, 1.807) is 41.2 Å². The van der Waals surface area contributed by atoms with Gasteiger partial charge in [-0.25, -0.2) is 9.18 Å². The molecule has 2 aromatic carbocycles. The molecule has 1 aromatic heterocycles. The van der Waals surface area contributed by atoms with E-state index in [-0.39, 0.29) is 41.7 Å². The zero-order valence-electron chi connectivity index (χ0n) is 20.7. The number of rotatable bonds is 6. The highest BCUT2D eigenvalue weighted by molar-refractivity contribution is 5.97. The Labute approximate surface area is 214 Å². The number of fused-ring (bicyclic) bond motifs is 1. The van der Waals surface area contributed by atoms with Gasteiger partial charge in [-0.1, -0.05) is 18.2 Å². The Morgan fingerprint density at radius 3 is 2.57 bits per heavy atom. The zero-order chi connectivity index (χ0) is 25.9. The highest BCUT2D eigenvalue weighted by Crippen LogP contribution is 2.34. The summed E-state index contributed by atoms with van der Waals surface area (Å²) in [4.78, 5) is 33.3. The monoisotopic (exact) mass is 505 g/mol. The number of nitrogens with zero attached hydrogens (tertiary/aromatic N) is 3. The van der Waals surface area contributed by atoms with E-state index < -0.39 is 11.9 Å². The summed E-state index contributed by atoms with van der Waals surface area (Å²) in [7, 11) is 1.44. The quantitative estimate of drug-likeness (QED) is 0.462. The maximum Gasteiger partial charge on any atom is 0.414 e. The molecule has 0 unspecified atom stereocenters. The van der Waals surface area contributed by atoms with Crippen LogP contribution in [-0.4, -0.2) is 48.1 Å². The number of hydrogen-bond donors (Lipinski definition) is 0. The lowest BCUT2D eigenvalue weighted by atomic mass is 10.00. The van der Waals surface area contributed by atoms with Crippen LogP contribution in [-0.2, 0) is 11.3 Å². The van der Waals surface area contributed by atoms with Crippen molar-refractivity contribution in [1.29, 1.82) is 0 Å². The number of anilines is 1. The Morgan fingerprint density at radius 2 is 1.84 bits per heavy atom. The predicted molar refractivity (Wildman–Crippen MR) is 134 cm³/mol. The molecule has 9 heteroatoms. The van der Waals surface area contributed by atoms with Crippen LogP contribution < -0.4 is 14.4 Å². The number of halogens is 1. The van der Waals surface area contributed by atoms with E-state index >= 15 is 4.39 Å². The van der Waals surface area contributed by atoms with E-state index in [4.69, 9.17) is 14.2 Å². The Morgan fingerprint density at radius 1 is 1.11 bits per heavy atom. The molecule has 192 valence electrons. The summed E-state index contributed by atoms with van der Waals surface area (Å²) in [6.45, 7) is 2.89. The Hall–Kier alpha value is -4.14. The summed E-state index contributed by atoms with van der Waals surface area (Å²) in [5, 5.41) is 0. The minimum atomic E-state index is -0.646. The molecule has 1 fully saturated rings. The number of para-hydroxylation sites is 1. The molecular formula is C28H28FN3O5. The molecule has 0 saturated carbocycles. The molecule has 2 aliphatic rings. The summed E-state index contributed by atoms with van der Waals surface area (Å²) in [5.74, 6) is -0.741. The van der Waals surface area contributed by atoms with Crippen molar-refractivity contribution in [3.63, 3.8) is 0 Å². The summed E-state index contributed by atoms with van der Waals surface area (Å²) < 4.78 is 31.6. The second-order valence-corrected chi connectivity index (χ2v) is 9.10. The molecule has 0 radical (unpaired) electrons. The van der Waals surface area contributed by atoms with Crippen LogP contribution in [0.25, 0.3) is 0 Å². The number of benzene rings is 2. The van der Waals surface area contributed by atoms with Crippen LogP contribution in [0.4, 0.5) is 14.9 Å². The first-order valence-electron chi connectivity index (χ1n) is 12.2. The number of hydrogen-bond acceptors (Lipinski definition) is 6. The maximum atomic E-state index is 15.0. The number of methoxy groups -OCH3 is 1. The number of piperidine rings is 1.